The van der Waals surface area contributed by atoms with Crippen molar-refractivity contribution in [2.24, 2.45) is 45.3 Å². The zero-order valence-corrected chi connectivity index (χ0v) is 51.3. The average Bonchev–Trinajstić information content (AvgIpc) is 1.59. The lowest BCUT2D eigenvalue weighted by molar-refractivity contribution is -0.757. The summed E-state index contributed by atoms with van der Waals surface area (Å²) in [6.07, 6.45) is 10.6. The van der Waals surface area contributed by atoms with E-state index >= 15 is 8.78 Å². The molecule has 10 rings (SSSR count). The number of nitrogens with zero attached hydrogens (tertiary/aromatic N) is 1. The van der Waals surface area contributed by atoms with Crippen LogP contribution >= 0.6 is 0 Å². The summed E-state index contributed by atoms with van der Waals surface area (Å²) in [7, 11) is 0. The SMILES string of the molecule is CC1(C)O[C@@H]2C[C@H]3[C@@H]4CCC5=CC(=O)C=C[C@]5(C)[C@@]4(F)[C@@H](O)C[C@]3(C)[C@]2(C(=O)COC(=O)CNC(=O)CCCO[N+](=O)[O-])O1.CCCCCCC(=O)NCC(=O)OCC(=O)[C@@]12OC(C)(C)O[C@@H]1C[C@H]1[C@@H]3CCC4=CC(=O)C=C[C@]4(C)[C@@]3(F)[C@@H](O)C[C@@]12C. The molecule has 0 spiro atoms. The lowest BCUT2D eigenvalue weighted by Crippen LogP contribution is -2.70. The molecule has 0 aromatic carbocycles. The first-order valence-corrected chi connectivity index (χ1v) is 30.7. The minimum atomic E-state index is -2.10. The van der Waals surface area contributed by atoms with E-state index in [1.54, 1.807) is 53.7 Å². The summed E-state index contributed by atoms with van der Waals surface area (Å²) < 4.78 is 70.9. The van der Waals surface area contributed by atoms with Gasteiger partial charge in [-0.3, -0.25) is 38.4 Å². The molecule has 6 saturated carbocycles. The number of esters is 2. The minimum Gasteiger partial charge on any atom is -0.456 e. The van der Waals surface area contributed by atoms with Gasteiger partial charge in [-0.25, -0.2) is 8.78 Å². The number of allylic oxidation sites excluding steroid dienone is 8. The number of rotatable bonds is 20. The van der Waals surface area contributed by atoms with E-state index in [1.165, 1.54) is 24.3 Å². The Bertz CT molecular complexity index is 2960. The summed E-state index contributed by atoms with van der Waals surface area (Å²) in [6, 6.07) is 0. The van der Waals surface area contributed by atoms with Crippen molar-refractivity contribution < 1.29 is 95.7 Å². The fourth-order valence-electron chi connectivity index (χ4n) is 17.8. The molecule has 10 aliphatic rings. The summed E-state index contributed by atoms with van der Waals surface area (Å²) in [6.45, 7) is 13.5. The Morgan fingerprint density at radius 1 is 0.644 bits per heavy atom. The van der Waals surface area contributed by atoms with E-state index in [4.69, 9.17) is 28.4 Å². The van der Waals surface area contributed by atoms with Crippen LogP contribution in [0.15, 0.2) is 47.6 Å². The van der Waals surface area contributed by atoms with Gasteiger partial charge in [0.25, 0.3) is 5.09 Å². The molecule has 0 radical (unpaired) electrons. The molecule has 87 heavy (non-hydrogen) atoms. The van der Waals surface area contributed by atoms with Crippen LogP contribution in [0.2, 0.25) is 0 Å². The number of carbonyl (C=O) groups is 8. The molecule has 16 atom stereocenters. The molecule has 0 unspecified atom stereocenters. The monoisotopic (exact) mass is 1230 g/mol. The van der Waals surface area contributed by atoms with Crippen LogP contribution in [0, 0.1) is 55.4 Å². The number of aliphatic hydroxyl groups is 2. The van der Waals surface area contributed by atoms with Crippen molar-refractivity contribution in [2.45, 2.75) is 217 Å². The van der Waals surface area contributed by atoms with Gasteiger partial charge in [0.2, 0.25) is 23.4 Å². The highest BCUT2D eigenvalue weighted by Crippen LogP contribution is 2.74. The second-order valence-corrected chi connectivity index (χ2v) is 27.4. The zero-order valence-electron chi connectivity index (χ0n) is 51.3. The average molecular weight is 1230 g/mol. The molecule has 22 nitrogen and oxygen atoms in total. The van der Waals surface area contributed by atoms with Gasteiger partial charge >= 0.3 is 11.9 Å². The number of hydrogen-bond acceptors (Lipinski definition) is 19. The molecule has 8 fully saturated rings. The van der Waals surface area contributed by atoms with Crippen LogP contribution < -0.4 is 10.6 Å². The lowest BCUT2D eigenvalue weighted by Gasteiger charge is -2.62. The van der Waals surface area contributed by atoms with Gasteiger partial charge in [0.1, 0.15) is 13.1 Å². The lowest BCUT2D eigenvalue weighted by atomic mass is 9.44. The Balaban J connectivity index is 0.000000208. The molecule has 0 bridgehead atoms. The maximum Gasteiger partial charge on any atom is 0.325 e. The molecule has 4 N–H and O–H groups in total. The topological polar surface area (TPSA) is 309 Å². The quantitative estimate of drug-likeness (QED) is 0.0461. The normalized spacial score (nSPS) is 40.1. The Labute approximate surface area is 504 Å². The van der Waals surface area contributed by atoms with Crippen LogP contribution in [0.3, 0.4) is 0 Å². The van der Waals surface area contributed by atoms with Crippen molar-refractivity contribution in [1.82, 2.24) is 10.6 Å². The van der Waals surface area contributed by atoms with E-state index < -0.39 is 152 Å². The van der Waals surface area contributed by atoms with Gasteiger partial charge in [-0.05, 0) is 142 Å². The first-order chi connectivity index (χ1) is 40.6. The number of ketones is 4. The third kappa shape index (κ3) is 10.8. The molecular weight excluding hydrogens is 1140 g/mol. The largest absolute Gasteiger partial charge is 0.456 e. The smallest absolute Gasteiger partial charge is 0.325 e. The van der Waals surface area contributed by atoms with Gasteiger partial charge in [0.15, 0.2) is 58.9 Å². The van der Waals surface area contributed by atoms with Crippen LogP contribution in [0.4, 0.5) is 8.78 Å². The molecule has 0 aromatic rings. The van der Waals surface area contributed by atoms with Gasteiger partial charge < -0.3 is 54.1 Å². The predicted molar refractivity (Wildman–Crippen MR) is 302 cm³/mol. The number of Topliss-reactive ketones (excluding diaryl/α,β-unsaturated/α-hetero) is 2. The standard InChI is InChI=1S/C33H46FNO8.C30H39FN2O11/c1-6-7-8-9-10-27(39)35-18-28(40)41-19-25(38)33-26(42-29(2,3)43-33)16-23-22-12-11-20-15-21(36)13-14-30(20,4)32(22,34)24(37)17-31(23,33)5;1-26(2)43-23-13-20-19-8-7-17-12-18(34)9-10-27(17,3)29(19,31)21(35)14-28(20,4)30(23,44-26)22(36)16-41-25(38)15-32-24(37)6-5-11-42-33(39)40/h13-15,22-24,26,37H,6-12,16-19H2,1-5H3,(H,35,39);9-10,12,19-21,23,35H,5-8,11,13-16H2,1-4H3,(H,32,37)/t22-,23-,24-,26+,30-,31-,32-,33+;19-,20-,21-,23+,27-,28-,29-,30+/m00/s1. The molecule has 2 aliphatic heterocycles. The maximum atomic E-state index is 17.5. The van der Waals surface area contributed by atoms with Crippen molar-refractivity contribution in [1.29, 1.82) is 0 Å². The van der Waals surface area contributed by atoms with Gasteiger partial charge in [0.05, 0.1) is 31.0 Å². The van der Waals surface area contributed by atoms with E-state index in [-0.39, 0.29) is 68.6 Å². The number of carbonyl (C=O) groups excluding carboxylic acids is 8. The first-order valence-electron chi connectivity index (χ1n) is 30.7. The number of hydrogen-bond donors (Lipinski definition) is 4. The second kappa shape index (κ2) is 23.6. The number of halogens is 2. The van der Waals surface area contributed by atoms with Crippen LogP contribution in [-0.4, -0.2) is 154 Å². The van der Waals surface area contributed by atoms with Crippen molar-refractivity contribution in [3.8, 4) is 0 Å². The molecule has 2 saturated heterocycles. The number of ether oxygens (including phenoxy) is 6. The van der Waals surface area contributed by atoms with Crippen LogP contribution in [0.1, 0.15) is 159 Å². The summed E-state index contributed by atoms with van der Waals surface area (Å²) in [5.74, 6) is -8.33. The third-order valence-corrected chi connectivity index (χ3v) is 21.7. The first kappa shape index (κ1) is 65.8. The van der Waals surface area contributed by atoms with Crippen LogP contribution in [-0.2, 0) is 71.6 Å². The summed E-state index contributed by atoms with van der Waals surface area (Å²) in [4.78, 5) is 116. The molecule has 480 valence electrons. The molecule has 24 heteroatoms. The summed E-state index contributed by atoms with van der Waals surface area (Å²) in [5, 5.41) is 37.4. The summed E-state index contributed by atoms with van der Waals surface area (Å²) in [5.41, 5.74) is -10.5. The Morgan fingerprint density at radius 2 is 1.06 bits per heavy atom. The van der Waals surface area contributed by atoms with Crippen molar-refractivity contribution in [3.63, 3.8) is 0 Å². The van der Waals surface area contributed by atoms with Gasteiger partial charge in [-0.1, -0.05) is 63.3 Å². The minimum absolute atomic E-state index is 0.0648. The number of unbranched alkanes of at least 4 members (excludes halogenated alkanes) is 3. The zero-order chi connectivity index (χ0) is 63.7. The number of amides is 2. The number of nitrogens with one attached hydrogen (secondary N) is 2. The molecule has 8 aliphatic carbocycles. The Hall–Kier alpha value is -5.66. The van der Waals surface area contributed by atoms with Gasteiger partial charge in [-0.2, -0.15) is 0 Å². The Morgan fingerprint density at radius 3 is 1.46 bits per heavy atom. The highest BCUT2D eigenvalue weighted by Gasteiger charge is 2.82. The van der Waals surface area contributed by atoms with E-state index in [1.807, 2.05) is 13.8 Å². The molecule has 2 heterocycles. The maximum absolute atomic E-state index is 17.5. The highest BCUT2D eigenvalue weighted by molar-refractivity contribution is 6.02. The van der Waals surface area contributed by atoms with Crippen LogP contribution in [0.5, 0.6) is 0 Å². The van der Waals surface area contributed by atoms with Crippen molar-refractivity contribution >= 4 is 46.9 Å². The van der Waals surface area contributed by atoms with Gasteiger partial charge in [-0.15, -0.1) is 10.1 Å². The van der Waals surface area contributed by atoms with Crippen molar-refractivity contribution in [2.75, 3.05) is 32.9 Å². The molecule has 2 amide bonds. The van der Waals surface area contributed by atoms with E-state index in [9.17, 15) is 58.7 Å². The number of aliphatic hydroxyl groups excluding tert-OH is 2. The van der Waals surface area contributed by atoms with Gasteiger partial charge in [0, 0.05) is 46.3 Å². The molecule has 0 aromatic heterocycles. The third-order valence-electron chi connectivity index (χ3n) is 21.7. The summed E-state index contributed by atoms with van der Waals surface area (Å²) >= 11 is 0. The van der Waals surface area contributed by atoms with Crippen LogP contribution in [0.25, 0.3) is 0 Å². The van der Waals surface area contributed by atoms with E-state index in [0.29, 0.717) is 49.7 Å². The van der Waals surface area contributed by atoms with Crippen molar-refractivity contribution in [3.05, 3.63) is 57.7 Å². The number of fused-ring (bicyclic) bond motifs is 14. The fourth-order valence-corrected chi connectivity index (χ4v) is 17.8. The predicted octanol–water partition coefficient (Wildman–Crippen LogP) is 6.13. The fraction of sp³-hybridized carbons (Fsp3) is 0.746. The number of alkyl halides is 2. The highest BCUT2D eigenvalue weighted by atomic mass is 19.1. The Kier molecular flexibility index (Phi) is 17.9. The van der Waals surface area contributed by atoms with E-state index in [2.05, 4.69) is 22.4 Å². The second-order valence-electron chi connectivity index (χ2n) is 27.4. The molecular formula is C63H85F2N3O19. The van der Waals surface area contributed by atoms with E-state index in [0.717, 1.165) is 25.7 Å².